The van der Waals surface area contributed by atoms with Gasteiger partial charge in [-0.2, -0.15) is 23.1 Å². The van der Waals surface area contributed by atoms with Crippen molar-refractivity contribution < 1.29 is 27.0 Å². The van der Waals surface area contributed by atoms with Crippen LogP contribution in [-0.2, 0) is 10.9 Å². The number of hydrogen-bond donors (Lipinski definition) is 2. The average Bonchev–Trinajstić information content (AvgIpc) is 3.65. The molecule has 1 aliphatic carbocycles. The minimum absolute atomic E-state index is 0.0217. The van der Waals surface area contributed by atoms with Crippen LogP contribution in [0.4, 0.5) is 29.2 Å². The number of nitrogens with one attached hydrogen (secondary N) is 1. The molecule has 4 fully saturated rings. The Balaban J connectivity index is 1.32. The van der Waals surface area contributed by atoms with Crippen LogP contribution in [0.15, 0.2) is 12.1 Å². The second-order valence-electron chi connectivity index (χ2n) is 12.6. The molecule has 1 aromatic carbocycles. The fourth-order valence-electron chi connectivity index (χ4n) is 6.87. The van der Waals surface area contributed by atoms with Crippen LogP contribution in [0.5, 0.6) is 6.01 Å². The number of hydrogen-bond acceptors (Lipinski definition) is 9. The normalized spacial score (nSPS) is 23.4. The molecule has 9 nitrogen and oxygen atoms in total. The third-order valence-corrected chi connectivity index (χ3v) is 9.54. The van der Waals surface area contributed by atoms with Gasteiger partial charge in [0.05, 0.1) is 41.7 Å². The first-order valence-corrected chi connectivity index (χ1v) is 15.4. The Morgan fingerprint density at radius 2 is 1.82 bits per heavy atom. The number of benzene rings is 1. The van der Waals surface area contributed by atoms with Gasteiger partial charge in [0, 0.05) is 55.6 Å². The van der Waals surface area contributed by atoms with Crippen molar-refractivity contribution in [2.24, 2.45) is 5.41 Å². The van der Waals surface area contributed by atoms with Gasteiger partial charge in [-0.05, 0) is 50.3 Å². The summed E-state index contributed by atoms with van der Waals surface area (Å²) >= 11 is 6.59. The van der Waals surface area contributed by atoms with Crippen LogP contribution in [0.3, 0.4) is 0 Å². The fourth-order valence-corrected chi connectivity index (χ4v) is 7.15. The van der Waals surface area contributed by atoms with E-state index >= 15 is 4.39 Å². The van der Waals surface area contributed by atoms with Crippen molar-refractivity contribution in [2.75, 3.05) is 63.2 Å². The molecule has 2 aromatic heterocycles. The highest BCUT2D eigenvalue weighted by Gasteiger charge is 2.45. The number of anilines is 2. The summed E-state index contributed by atoms with van der Waals surface area (Å²) in [5.41, 5.74) is 3.13. The number of piperazine rings is 1. The summed E-state index contributed by atoms with van der Waals surface area (Å²) in [7, 11) is 0. The molecule has 236 valence electrons. The first kappa shape index (κ1) is 29.7. The molecular formula is C30H34ClF4N7O2. The molecule has 4 aliphatic rings. The van der Waals surface area contributed by atoms with Crippen molar-refractivity contribution >= 4 is 34.1 Å². The van der Waals surface area contributed by atoms with Crippen molar-refractivity contribution in [3.8, 4) is 17.3 Å². The van der Waals surface area contributed by atoms with E-state index in [0.29, 0.717) is 44.1 Å². The summed E-state index contributed by atoms with van der Waals surface area (Å²) < 4.78 is 71.0. The topological polar surface area (TPSA) is 102 Å². The van der Waals surface area contributed by atoms with E-state index in [1.807, 2.05) is 0 Å². The Morgan fingerprint density at radius 3 is 2.48 bits per heavy atom. The SMILES string of the molecule is Cc1cc(N)nc(-c2c(Cl)cc3c(N4CC5CCC(C4)N5)nc(OCC4(CN5CCOCC5)CC4)nc3c2F)c1C(F)(F)F. The molecule has 0 spiro atoms. The van der Waals surface area contributed by atoms with Gasteiger partial charge in [0.25, 0.3) is 0 Å². The molecule has 44 heavy (non-hydrogen) atoms. The number of rotatable bonds is 7. The van der Waals surface area contributed by atoms with Gasteiger partial charge in [-0.3, -0.25) is 4.90 Å². The molecule has 0 amide bonds. The zero-order valence-corrected chi connectivity index (χ0v) is 25.1. The van der Waals surface area contributed by atoms with E-state index < -0.39 is 28.8 Å². The number of halogens is 5. The van der Waals surface area contributed by atoms with Gasteiger partial charge < -0.3 is 25.4 Å². The highest BCUT2D eigenvalue weighted by Crippen LogP contribution is 2.47. The number of ether oxygens (including phenoxy) is 2. The van der Waals surface area contributed by atoms with Crippen molar-refractivity contribution in [1.82, 2.24) is 25.2 Å². The van der Waals surface area contributed by atoms with Crippen molar-refractivity contribution in [3.63, 3.8) is 0 Å². The minimum Gasteiger partial charge on any atom is -0.463 e. The molecule has 3 saturated heterocycles. The summed E-state index contributed by atoms with van der Waals surface area (Å²) in [4.78, 5) is 17.5. The van der Waals surface area contributed by atoms with Crippen LogP contribution in [0.2, 0.25) is 5.02 Å². The lowest BCUT2D eigenvalue weighted by atomic mass is 9.99. The number of nitrogens with two attached hydrogens (primary N) is 1. The van der Waals surface area contributed by atoms with Gasteiger partial charge in [-0.25, -0.2) is 9.37 Å². The van der Waals surface area contributed by atoms with E-state index in [1.54, 1.807) is 0 Å². The number of nitrogen functional groups attached to an aromatic ring is 1. The smallest absolute Gasteiger partial charge is 0.418 e. The van der Waals surface area contributed by atoms with Gasteiger partial charge in [0.1, 0.15) is 17.2 Å². The zero-order valence-electron chi connectivity index (χ0n) is 24.3. The Bertz CT molecular complexity index is 1580. The van der Waals surface area contributed by atoms with Crippen LogP contribution in [-0.4, -0.2) is 84.5 Å². The molecule has 3 N–H and O–H groups in total. The second kappa shape index (κ2) is 11.1. The van der Waals surface area contributed by atoms with Crippen molar-refractivity contribution in [3.05, 3.63) is 34.1 Å². The summed E-state index contributed by atoms with van der Waals surface area (Å²) in [6.45, 7) is 6.84. The minimum atomic E-state index is -4.82. The first-order chi connectivity index (χ1) is 21.0. The van der Waals surface area contributed by atoms with Crippen molar-refractivity contribution in [2.45, 2.75) is 50.9 Å². The maximum absolute atomic E-state index is 16.6. The molecule has 5 heterocycles. The lowest BCUT2D eigenvalue weighted by molar-refractivity contribution is -0.137. The lowest BCUT2D eigenvalue weighted by Gasteiger charge is -2.34. The monoisotopic (exact) mass is 635 g/mol. The largest absolute Gasteiger partial charge is 0.463 e. The maximum Gasteiger partial charge on any atom is 0.418 e. The molecule has 2 unspecified atom stereocenters. The molecular weight excluding hydrogens is 602 g/mol. The van der Waals surface area contributed by atoms with Crippen LogP contribution >= 0.6 is 11.6 Å². The lowest BCUT2D eigenvalue weighted by Crippen LogP contribution is -2.51. The molecule has 7 rings (SSSR count). The molecule has 14 heteroatoms. The third-order valence-electron chi connectivity index (χ3n) is 9.24. The number of morpholine rings is 1. The standard InChI is InChI=1S/C30H34ClF4N7O2/c1-16-10-21(36)38-26(23(16)30(33,34)35)22-20(31)11-19-25(24(22)32)39-28(40-27(19)42-12-17-2-3-18(13-42)37-17)44-15-29(4-5-29)14-41-6-8-43-9-7-41/h10-11,17-18,37H,2-9,12-15H2,1H3,(H2,36,38). The summed E-state index contributed by atoms with van der Waals surface area (Å²) in [6.07, 6.45) is -0.828. The van der Waals surface area contributed by atoms with E-state index in [9.17, 15) is 13.2 Å². The predicted octanol–water partition coefficient (Wildman–Crippen LogP) is 4.83. The Labute approximate surface area is 257 Å². The van der Waals surface area contributed by atoms with E-state index in [1.165, 1.54) is 13.0 Å². The Kier molecular flexibility index (Phi) is 7.50. The van der Waals surface area contributed by atoms with Crippen LogP contribution in [0.25, 0.3) is 22.2 Å². The molecule has 1 saturated carbocycles. The Hall–Kier alpha value is -3.00. The quantitative estimate of drug-likeness (QED) is 0.354. The third kappa shape index (κ3) is 5.63. The highest BCUT2D eigenvalue weighted by molar-refractivity contribution is 6.34. The van der Waals surface area contributed by atoms with Gasteiger partial charge in [-0.1, -0.05) is 11.6 Å². The zero-order chi connectivity index (χ0) is 30.8. The van der Waals surface area contributed by atoms with Gasteiger partial charge in [0.2, 0.25) is 0 Å². The summed E-state index contributed by atoms with van der Waals surface area (Å²) in [5.74, 6) is -0.766. The van der Waals surface area contributed by atoms with Crippen LogP contribution in [0.1, 0.15) is 36.8 Å². The highest BCUT2D eigenvalue weighted by atomic mass is 35.5. The van der Waals surface area contributed by atoms with Crippen molar-refractivity contribution in [1.29, 1.82) is 0 Å². The first-order valence-electron chi connectivity index (χ1n) is 15.0. The number of fused-ring (bicyclic) bond motifs is 3. The fraction of sp³-hybridized carbons (Fsp3) is 0.567. The average molecular weight is 636 g/mol. The molecule has 2 bridgehead atoms. The molecule has 3 aromatic rings. The van der Waals surface area contributed by atoms with Gasteiger partial charge in [0.15, 0.2) is 5.82 Å². The molecule has 2 atom stereocenters. The molecule has 0 radical (unpaired) electrons. The van der Waals surface area contributed by atoms with Crippen LogP contribution in [0, 0.1) is 18.2 Å². The summed E-state index contributed by atoms with van der Waals surface area (Å²) in [5, 5.41) is 3.63. The Morgan fingerprint density at radius 1 is 1.11 bits per heavy atom. The molecule has 3 aliphatic heterocycles. The van der Waals surface area contributed by atoms with E-state index in [4.69, 9.17) is 31.8 Å². The second-order valence-corrected chi connectivity index (χ2v) is 13.0. The maximum atomic E-state index is 16.6. The van der Waals surface area contributed by atoms with E-state index in [-0.39, 0.29) is 45.4 Å². The number of aryl methyl sites for hydroxylation is 1. The summed E-state index contributed by atoms with van der Waals surface area (Å²) in [6, 6.07) is 3.01. The van der Waals surface area contributed by atoms with Gasteiger partial charge >= 0.3 is 12.2 Å². The predicted molar refractivity (Wildman–Crippen MR) is 158 cm³/mol. The number of aromatic nitrogens is 3. The van der Waals surface area contributed by atoms with Crippen LogP contribution < -0.4 is 20.7 Å². The van der Waals surface area contributed by atoms with Gasteiger partial charge in [-0.15, -0.1) is 0 Å². The number of alkyl halides is 3. The number of pyridine rings is 1. The number of nitrogens with zero attached hydrogens (tertiary/aromatic N) is 5. The van der Waals surface area contributed by atoms with E-state index in [0.717, 1.165) is 51.4 Å². The van der Waals surface area contributed by atoms with E-state index in [2.05, 4.69) is 25.1 Å².